The van der Waals surface area contributed by atoms with E-state index in [-0.39, 0.29) is 17.5 Å². The van der Waals surface area contributed by atoms with Crippen molar-refractivity contribution in [2.75, 3.05) is 13.1 Å². The molecule has 7 heteroatoms. The van der Waals surface area contributed by atoms with E-state index in [1.54, 1.807) is 12.1 Å². The number of benzene rings is 1. The monoisotopic (exact) mass is 477 g/mol. The Balaban J connectivity index is 1.06. The third kappa shape index (κ3) is 4.89. The lowest BCUT2D eigenvalue weighted by atomic mass is 9.53. The number of nitrogens with one attached hydrogen (secondary N) is 2. The van der Waals surface area contributed by atoms with Crippen LogP contribution in [0, 0.1) is 23.7 Å². The van der Waals surface area contributed by atoms with Crippen LogP contribution in [0.4, 0.5) is 4.79 Å². The van der Waals surface area contributed by atoms with Crippen LogP contribution >= 0.6 is 23.2 Å². The summed E-state index contributed by atoms with van der Waals surface area (Å²) in [6, 6.07) is 5.21. The highest BCUT2D eigenvalue weighted by Gasteiger charge is 2.51. The first-order valence-corrected chi connectivity index (χ1v) is 12.9. The number of nitrogens with zero attached hydrogens (tertiary/aromatic N) is 1. The first kappa shape index (κ1) is 22.3. The summed E-state index contributed by atoms with van der Waals surface area (Å²) in [6.45, 7) is 1.76. The van der Waals surface area contributed by atoms with Crippen LogP contribution in [-0.4, -0.2) is 35.5 Å². The summed E-state index contributed by atoms with van der Waals surface area (Å²) in [6.07, 6.45) is 10.1. The largest absolute Gasteiger partial charge is 0.351 e. The molecule has 0 aromatic heterocycles. The third-order valence-corrected chi connectivity index (χ3v) is 8.85. The van der Waals surface area contributed by atoms with Crippen LogP contribution < -0.4 is 10.6 Å². The van der Waals surface area contributed by atoms with Gasteiger partial charge >= 0.3 is 6.03 Å². The number of halogens is 2. The molecule has 5 fully saturated rings. The zero-order valence-corrected chi connectivity index (χ0v) is 20.1. The Kier molecular flexibility index (Phi) is 6.32. The molecule has 0 spiro atoms. The highest BCUT2D eigenvalue weighted by molar-refractivity contribution is 6.35. The molecule has 1 heterocycles. The summed E-state index contributed by atoms with van der Waals surface area (Å²) >= 11 is 12.1. The van der Waals surface area contributed by atoms with Gasteiger partial charge in [-0.3, -0.25) is 4.79 Å². The standard InChI is InChI=1S/C25H33Cl2N3O2/c26-21-2-1-20(22(27)11-21)15-28-24(32)30-5-3-16(4-6-30)10-23(31)29-25-12-17-7-18(13-25)9-19(8-17)14-25/h1-2,11,16-19H,3-10,12-15H2,(H,28,32)(H,29,31). The molecule has 1 saturated heterocycles. The highest BCUT2D eigenvalue weighted by atomic mass is 35.5. The van der Waals surface area contributed by atoms with Crippen molar-refractivity contribution >= 4 is 35.1 Å². The van der Waals surface area contributed by atoms with Crippen molar-refractivity contribution in [3.63, 3.8) is 0 Å². The van der Waals surface area contributed by atoms with Gasteiger partial charge in [0.05, 0.1) is 0 Å². The molecule has 5 aliphatic rings. The van der Waals surface area contributed by atoms with Crippen LogP contribution in [0.2, 0.25) is 10.0 Å². The minimum atomic E-state index is -0.0764. The summed E-state index contributed by atoms with van der Waals surface area (Å²) in [7, 11) is 0. The molecule has 5 nitrogen and oxygen atoms in total. The van der Waals surface area contributed by atoms with Crippen LogP contribution in [0.15, 0.2) is 18.2 Å². The van der Waals surface area contributed by atoms with E-state index in [1.807, 2.05) is 11.0 Å². The molecule has 0 atom stereocenters. The van der Waals surface area contributed by atoms with E-state index in [1.165, 1.54) is 38.5 Å². The van der Waals surface area contributed by atoms with Gasteiger partial charge in [0.15, 0.2) is 0 Å². The van der Waals surface area contributed by atoms with Crippen molar-refractivity contribution in [2.24, 2.45) is 23.7 Å². The average Bonchev–Trinajstić information content (AvgIpc) is 2.72. The molecule has 2 N–H and O–H groups in total. The number of rotatable bonds is 5. The number of carbonyl (C=O) groups excluding carboxylic acids is 2. The summed E-state index contributed by atoms with van der Waals surface area (Å²) < 4.78 is 0. The minimum Gasteiger partial charge on any atom is -0.351 e. The van der Waals surface area contributed by atoms with Crippen molar-refractivity contribution in [1.29, 1.82) is 0 Å². The number of hydrogen-bond donors (Lipinski definition) is 2. The van der Waals surface area contributed by atoms with Crippen molar-refractivity contribution in [2.45, 2.75) is 69.9 Å². The summed E-state index contributed by atoms with van der Waals surface area (Å²) in [5, 5.41) is 7.59. The van der Waals surface area contributed by atoms with Crippen molar-refractivity contribution in [3.05, 3.63) is 33.8 Å². The molecule has 3 amide bonds. The van der Waals surface area contributed by atoms with E-state index in [9.17, 15) is 9.59 Å². The molecule has 6 rings (SSSR count). The van der Waals surface area contributed by atoms with Gasteiger partial charge in [-0.1, -0.05) is 29.3 Å². The minimum absolute atomic E-state index is 0.0764. The molecule has 4 saturated carbocycles. The van der Waals surface area contributed by atoms with Crippen LogP contribution in [0.5, 0.6) is 0 Å². The number of hydrogen-bond acceptors (Lipinski definition) is 2. The molecule has 1 aliphatic heterocycles. The highest BCUT2D eigenvalue weighted by Crippen LogP contribution is 2.55. The van der Waals surface area contributed by atoms with Gasteiger partial charge in [0.2, 0.25) is 5.91 Å². The topological polar surface area (TPSA) is 61.4 Å². The number of piperidine rings is 1. The van der Waals surface area contributed by atoms with E-state index >= 15 is 0 Å². The fourth-order valence-electron chi connectivity index (χ4n) is 7.16. The Hall–Kier alpha value is -1.46. The zero-order valence-electron chi connectivity index (χ0n) is 18.5. The Morgan fingerprint density at radius 3 is 2.22 bits per heavy atom. The quantitative estimate of drug-likeness (QED) is 0.596. The van der Waals surface area contributed by atoms with Gasteiger partial charge in [-0.05, 0) is 92.7 Å². The molecular weight excluding hydrogens is 445 g/mol. The molecule has 4 bridgehead atoms. The van der Waals surface area contributed by atoms with Gasteiger partial charge in [-0.25, -0.2) is 4.79 Å². The second kappa shape index (κ2) is 9.06. The van der Waals surface area contributed by atoms with Crippen LogP contribution in [0.3, 0.4) is 0 Å². The summed E-state index contributed by atoms with van der Waals surface area (Å²) in [4.78, 5) is 27.3. The number of likely N-dealkylation sites (tertiary alicyclic amines) is 1. The molecule has 0 unspecified atom stereocenters. The van der Waals surface area contributed by atoms with Crippen LogP contribution in [0.1, 0.15) is 63.4 Å². The Labute approximate surface area is 200 Å². The van der Waals surface area contributed by atoms with Crippen LogP contribution in [-0.2, 0) is 11.3 Å². The maximum Gasteiger partial charge on any atom is 0.317 e. The van der Waals surface area contributed by atoms with Gasteiger partial charge in [0, 0.05) is 41.6 Å². The second-order valence-electron chi connectivity index (χ2n) is 10.8. The third-order valence-electron chi connectivity index (χ3n) is 8.26. The lowest BCUT2D eigenvalue weighted by Gasteiger charge is -2.57. The van der Waals surface area contributed by atoms with Crippen molar-refractivity contribution < 1.29 is 9.59 Å². The molecule has 1 aromatic rings. The second-order valence-corrected chi connectivity index (χ2v) is 11.6. The number of carbonyl (C=O) groups is 2. The first-order valence-electron chi connectivity index (χ1n) is 12.2. The first-order chi connectivity index (χ1) is 15.4. The maximum absolute atomic E-state index is 12.9. The average molecular weight is 478 g/mol. The van der Waals surface area contributed by atoms with E-state index in [4.69, 9.17) is 23.2 Å². The Bertz CT molecular complexity index is 847. The Morgan fingerprint density at radius 1 is 1.00 bits per heavy atom. The zero-order chi connectivity index (χ0) is 22.3. The van der Waals surface area contributed by atoms with Gasteiger partial charge in [0.25, 0.3) is 0 Å². The SMILES string of the molecule is O=C(CC1CCN(C(=O)NCc2ccc(Cl)cc2Cl)CC1)NC12CC3CC(CC(C3)C1)C2. The Morgan fingerprint density at radius 2 is 1.62 bits per heavy atom. The maximum atomic E-state index is 12.9. The molecular formula is C25H33Cl2N3O2. The molecule has 174 valence electrons. The summed E-state index contributed by atoms with van der Waals surface area (Å²) in [5.74, 6) is 3.11. The van der Waals surface area contributed by atoms with Crippen LogP contribution in [0.25, 0.3) is 0 Å². The summed E-state index contributed by atoms with van der Waals surface area (Å²) in [5.41, 5.74) is 0.940. The van der Waals surface area contributed by atoms with Gasteiger partial charge in [0.1, 0.15) is 0 Å². The van der Waals surface area contributed by atoms with Crippen molar-refractivity contribution in [3.8, 4) is 0 Å². The smallest absolute Gasteiger partial charge is 0.317 e. The van der Waals surface area contributed by atoms with E-state index in [0.717, 1.165) is 36.2 Å². The molecule has 4 aliphatic carbocycles. The van der Waals surface area contributed by atoms with E-state index in [0.29, 0.717) is 42.0 Å². The number of urea groups is 1. The predicted octanol–water partition coefficient (Wildman–Crippen LogP) is 5.39. The molecule has 32 heavy (non-hydrogen) atoms. The molecule has 0 radical (unpaired) electrons. The van der Waals surface area contributed by atoms with E-state index < -0.39 is 0 Å². The number of amides is 3. The van der Waals surface area contributed by atoms with E-state index in [2.05, 4.69) is 10.6 Å². The normalized spacial score (nSPS) is 31.6. The fraction of sp³-hybridized carbons (Fsp3) is 0.680. The predicted molar refractivity (Wildman–Crippen MR) is 127 cm³/mol. The van der Waals surface area contributed by atoms with Crippen molar-refractivity contribution in [1.82, 2.24) is 15.5 Å². The van der Waals surface area contributed by atoms with Gasteiger partial charge < -0.3 is 15.5 Å². The lowest BCUT2D eigenvalue weighted by Crippen LogP contribution is -2.60. The fourth-order valence-corrected chi connectivity index (χ4v) is 7.64. The van der Waals surface area contributed by atoms with Gasteiger partial charge in [-0.15, -0.1) is 0 Å². The lowest BCUT2D eigenvalue weighted by molar-refractivity contribution is -0.128. The van der Waals surface area contributed by atoms with Gasteiger partial charge in [-0.2, -0.15) is 0 Å². The molecule has 1 aromatic carbocycles.